The molecular formula is C7H15ClO2. The first-order chi connectivity index (χ1) is 4.70. The minimum absolute atomic E-state index is 0.246. The van der Waals surface area contributed by atoms with Gasteiger partial charge in [0.2, 0.25) is 0 Å². The number of ether oxygens (including phenoxy) is 2. The Bertz CT molecular complexity index is 72.0. The zero-order chi connectivity index (χ0) is 7.98. The second-order valence-corrected chi connectivity index (χ2v) is 2.86. The van der Waals surface area contributed by atoms with E-state index in [0.29, 0.717) is 18.4 Å². The van der Waals surface area contributed by atoms with E-state index < -0.39 is 0 Å². The smallest absolute Gasteiger partial charge is 0.170 e. The Morgan fingerprint density at radius 2 is 2.00 bits per heavy atom. The van der Waals surface area contributed by atoms with Crippen LogP contribution in [-0.2, 0) is 9.47 Å². The molecule has 0 aliphatic carbocycles. The summed E-state index contributed by atoms with van der Waals surface area (Å²) in [6.45, 7) is 4.87. The monoisotopic (exact) mass is 166 g/mol. The fraction of sp³-hybridized carbons (Fsp3) is 1.00. The van der Waals surface area contributed by atoms with E-state index in [2.05, 4.69) is 13.8 Å². The minimum atomic E-state index is -0.246. The number of halogens is 1. The molecule has 0 aliphatic rings. The van der Waals surface area contributed by atoms with Crippen LogP contribution in [0, 0.1) is 5.92 Å². The number of hydrogen-bond donors (Lipinski definition) is 0. The van der Waals surface area contributed by atoms with Crippen molar-refractivity contribution in [1.82, 2.24) is 0 Å². The van der Waals surface area contributed by atoms with Crippen molar-refractivity contribution in [1.29, 1.82) is 0 Å². The number of alkyl halides is 1. The molecule has 0 fully saturated rings. The number of rotatable bonds is 5. The summed E-state index contributed by atoms with van der Waals surface area (Å²) in [6, 6.07) is 0. The SMILES string of the molecule is COC(CCl)OCC(C)C. The summed E-state index contributed by atoms with van der Waals surface area (Å²) in [6.07, 6.45) is -0.246. The first-order valence-corrected chi connectivity index (χ1v) is 3.94. The van der Waals surface area contributed by atoms with Crippen LogP contribution in [0.4, 0.5) is 0 Å². The zero-order valence-electron chi connectivity index (χ0n) is 6.76. The summed E-state index contributed by atoms with van der Waals surface area (Å²) in [5, 5.41) is 0. The molecule has 0 saturated heterocycles. The van der Waals surface area contributed by atoms with Gasteiger partial charge in [0, 0.05) is 7.11 Å². The lowest BCUT2D eigenvalue weighted by Crippen LogP contribution is -2.19. The molecule has 1 unspecified atom stereocenters. The van der Waals surface area contributed by atoms with Gasteiger partial charge in [-0.3, -0.25) is 0 Å². The lowest BCUT2D eigenvalue weighted by Gasteiger charge is -2.14. The quantitative estimate of drug-likeness (QED) is 0.459. The topological polar surface area (TPSA) is 18.5 Å². The summed E-state index contributed by atoms with van der Waals surface area (Å²) in [5.41, 5.74) is 0. The van der Waals surface area contributed by atoms with Crippen molar-refractivity contribution >= 4 is 11.6 Å². The number of methoxy groups -OCH3 is 1. The Morgan fingerprint density at radius 1 is 1.40 bits per heavy atom. The predicted octanol–water partition coefficient (Wildman–Crippen LogP) is 1.87. The summed E-state index contributed by atoms with van der Waals surface area (Å²) < 4.78 is 10.1. The van der Waals surface area contributed by atoms with Gasteiger partial charge in [-0.1, -0.05) is 13.8 Å². The molecule has 10 heavy (non-hydrogen) atoms. The Hall–Kier alpha value is 0.210. The van der Waals surface area contributed by atoms with Crippen LogP contribution in [0.25, 0.3) is 0 Å². The van der Waals surface area contributed by atoms with Gasteiger partial charge in [0.15, 0.2) is 6.29 Å². The van der Waals surface area contributed by atoms with Gasteiger partial charge in [-0.25, -0.2) is 0 Å². The molecular weight excluding hydrogens is 152 g/mol. The van der Waals surface area contributed by atoms with Gasteiger partial charge >= 0.3 is 0 Å². The minimum Gasteiger partial charge on any atom is -0.355 e. The van der Waals surface area contributed by atoms with E-state index in [0.717, 1.165) is 0 Å². The Kier molecular flexibility index (Phi) is 6.08. The first kappa shape index (κ1) is 10.2. The van der Waals surface area contributed by atoms with Gasteiger partial charge in [-0.05, 0) is 5.92 Å². The summed E-state index contributed by atoms with van der Waals surface area (Å²) >= 11 is 5.50. The van der Waals surface area contributed by atoms with Crippen LogP contribution in [0.5, 0.6) is 0 Å². The molecule has 0 spiro atoms. The van der Waals surface area contributed by atoms with Gasteiger partial charge < -0.3 is 9.47 Å². The normalized spacial score (nSPS) is 14.1. The molecule has 0 amide bonds. The molecule has 62 valence electrons. The third-order valence-electron chi connectivity index (χ3n) is 1.00. The van der Waals surface area contributed by atoms with E-state index >= 15 is 0 Å². The van der Waals surface area contributed by atoms with Gasteiger partial charge in [-0.15, -0.1) is 11.6 Å². The molecule has 0 radical (unpaired) electrons. The molecule has 0 aromatic rings. The molecule has 0 aromatic heterocycles. The average Bonchev–Trinajstić information content (AvgIpc) is 1.90. The molecule has 2 nitrogen and oxygen atoms in total. The van der Waals surface area contributed by atoms with Crippen molar-refractivity contribution in [3.05, 3.63) is 0 Å². The third-order valence-corrected chi connectivity index (χ3v) is 1.26. The van der Waals surface area contributed by atoms with Crippen LogP contribution in [0.1, 0.15) is 13.8 Å². The first-order valence-electron chi connectivity index (χ1n) is 3.41. The molecule has 0 aromatic carbocycles. The molecule has 0 N–H and O–H groups in total. The van der Waals surface area contributed by atoms with Crippen LogP contribution in [-0.4, -0.2) is 25.9 Å². The van der Waals surface area contributed by atoms with E-state index in [4.69, 9.17) is 21.1 Å². The lowest BCUT2D eigenvalue weighted by molar-refractivity contribution is -0.115. The Balaban J connectivity index is 3.26. The molecule has 0 aliphatic heterocycles. The van der Waals surface area contributed by atoms with Gasteiger partial charge in [-0.2, -0.15) is 0 Å². The maximum absolute atomic E-state index is 5.50. The second-order valence-electron chi connectivity index (χ2n) is 2.55. The van der Waals surface area contributed by atoms with Crippen LogP contribution in [0.2, 0.25) is 0 Å². The van der Waals surface area contributed by atoms with Gasteiger partial charge in [0.25, 0.3) is 0 Å². The molecule has 0 bridgehead atoms. The van der Waals surface area contributed by atoms with Crippen LogP contribution in [0.3, 0.4) is 0 Å². The van der Waals surface area contributed by atoms with Gasteiger partial charge in [0.05, 0.1) is 12.5 Å². The van der Waals surface area contributed by atoms with Crippen molar-refractivity contribution in [3.8, 4) is 0 Å². The Labute approximate surface area is 67.5 Å². The van der Waals surface area contributed by atoms with Gasteiger partial charge in [0.1, 0.15) is 0 Å². The fourth-order valence-corrected chi connectivity index (χ4v) is 0.690. The maximum Gasteiger partial charge on any atom is 0.170 e. The van der Waals surface area contributed by atoms with Crippen LogP contribution >= 0.6 is 11.6 Å². The largest absolute Gasteiger partial charge is 0.355 e. The summed E-state index contributed by atoms with van der Waals surface area (Å²) in [7, 11) is 1.59. The van der Waals surface area contributed by atoms with E-state index in [9.17, 15) is 0 Å². The molecule has 3 heteroatoms. The summed E-state index contributed by atoms with van der Waals surface area (Å²) in [4.78, 5) is 0. The van der Waals surface area contributed by atoms with E-state index in [1.807, 2.05) is 0 Å². The Morgan fingerprint density at radius 3 is 2.30 bits per heavy atom. The maximum atomic E-state index is 5.50. The highest BCUT2D eigenvalue weighted by Crippen LogP contribution is 2.00. The highest BCUT2D eigenvalue weighted by Gasteiger charge is 2.05. The molecule has 1 atom stereocenters. The average molecular weight is 167 g/mol. The van der Waals surface area contributed by atoms with Crippen molar-refractivity contribution in [2.45, 2.75) is 20.1 Å². The fourth-order valence-electron chi connectivity index (χ4n) is 0.475. The molecule has 0 heterocycles. The second kappa shape index (κ2) is 5.96. The van der Waals surface area contributed by atoms with Crippen LogP contribution < -0.4 is 0 Å². The predicted molar refractivity (Wildman–Crippen MR) is 42.3 cm³/mol. The van der Waals surface area contributed by atoms with E-state index in [1.165, 1.54) is 0 Å². The number of hydrogen-bond acceptors (Lipinski definition) is 2. The standard InChI is InChI=1S/C7H15ClO2/c1-6(2)5-10-7(4-8)9-3/h6-7H,4-5H2,1-3H3. The van der Waals surface area contributed by atoms with E-state index in [-0.39, 0.29) is 6.29 Å². The summed E-state index contributed by atoms with van der Waals surface area (Å²) in [5.74, 6) is 0.921. The highest BCUT2D eigenvalue weighted by atomic mass is 35.5. The highest BCUT2D eigenvalue weighted by molar-refractivity contribution is 6.18. The molecule has 0 rings (SSSR count). The molecule has 0 saturated carbocycles. The van der Waals surface area contributed by atoms with Crippen LogP contribution in [0.15, 0.2) is 0 Å². The van der Waals surface area contributed by atoms with Crippen molar-refractivity contribution in [3.63, 3.8) is 0 Å². The third kappa shape index (κ3) is 5.03. The van der Waals surface area contributed by atoms with E-state index in [1.54, 1.807) is 7.11 Å². The van der Waals surface area contributed by atoms with Crippen molar-refractivity contribution < 1.29 is 9.47 Å². The zero-order valence-corrected chi connectivity index (χ0v) is 7.52. The lowest BCUT2D eigenvalue weighted by atomic mass is 10.2. The van der Waals surface area contributed by atoms with Crippen molar-refractivity contribution in [2.24, 2.45) is 5.92 Å². The van der Waals surface area contributed by atoms with Crippen molar-refractivity contribution in [2.75, 3.05) is 19.6 Å².